The van der Waals surface area contributed by atoms with Crippen molar-refractivity contribution in [3.8, 4) is 11.8 Å². The average Bonchev–Trinajstić information content (AvgIpc) is 2.94. The monoisotopic (exact) mass is 298 g/mol. The van der Waals surface area contributed by atoms with Crippen LogP contribution >= 0.6 is 0 Å². The van der Waals surface area contributed by atoms with Crippen molar-refractivity contribution in [2.45, 2.75) is 38.3 Å². The Hall–Kier alpha value is -2.30. The number of aryl methyl sites for hydroxylation is 2. The molecule has 4 rings (SSSR count). The predicted molar refractivity (Wildman–Crippen MR) is 81.5 cm³/mol. The molecule has 2 aliphatic rings. The maximum atomic E-state index is 11.2. The Morgan fingerprint density at radius 2 is 2.09 bits per heavy atom. The van der Waals surface area contributed by atoms with Gasteiger partial charge >= 0.3 is 0 Å². The number of benzene rings is 1. The summed E-state index contributed by atoms with van der Waals surface area (Å²) in [6, 6.07) is 8.19. The lowest BCUT2D eigenvalue weighted by Gasteiger charge is -2.17. The molecule has 5 nitrogen and oxygen atoms in total. The van der Waals surface area contributed by atoms with Crippen LogP contribution in [0.1, 0.15) is 24.0 Å². The molecule has 0 fully saturated rings. The van der Waals surface area contributed by atoms with Gasteiger partial charge in [0, 0.05) is 12.3 Å². The summed E-state index contributed by atoms with van der Waals surface area (Å²) in [4.78, 5) is 15.1. The molecule has 5 heteroatoms. The third-order valence-corrected chi connectivity index (χ3v) is 4.28. The van der Waals surface area contributed by atoms with Gasteiger partial charge in [0.25, 0.3) is 11.6 Å². The minimum absolute atomic E-state index is 0.106. The summed E-state index contributed by atoms with van der Waals surface area (Å²) in [6.07, 6.45) is 6.47. The van der Waals surface area contributed by atoms with Crippen LogP contribution in [-0.4, -0.2) is 22.3 Å². The number of hydrogen-bond acceptors (Lipinski definition) is 4. The largest absolute Gasteiger partial charge is 0.490 e. The molecular formula is C17H18N2O3. The molecule has 1 aromatic heterocycles. The summed E-state index contributed by atoms with van der Waals surface area (Å²) >= 11 is 0. The second-order valence-electron chi connectivity index (χ2n) is 5.89. The molecule has 0 saturated carbocycles. The van der Waals surface area contributed by atoms with E-state index >= 15 is 0 Å². The normalized spacial score (nSPS) is 19.2. The first-order chi connectivity index (χ1) is 10.8. The van der Waals surface area contributed by atoms with Crippen LogP contribution in [0.2, 0.25) is 0 Å². The highest BCUT2D eigenvalue weighted by Gasteiger charge is 2.23. The van der Waals surface area contributed by atoms with Crippen LogP contribution in [0.15, 0.2) is 35.3 Å². The van der Waals surface area contributed by atoms with E-state index in [-0.39, 0.29) is 11.7 Å². The molecule has 0 radical (unpaired) electrons. The zero-order valence-corrected chi connectivity index (χ0v) is 12.3. The van der Waals surface area contributed by atoms with E-state index in [1.807, 2.05) is 10.6 Å². The Kier molecular flexibility index (Phi) is 3.33. The SMILES string of the molecule is O=c1ccn2c(n1)OC(COc1ccc3c(c1)CCCC3)C2. The summed E-state index contributed by atoms with van der Waals surface area (Å²) in [6.45, 7) is 1.11. The lowest BCUT2D eigenvalue weighted by Crippen LogP contribution is -2.23. The zero-order valence-electron chi connectivity index (χ0n) is 12.3. The van der Waals surface area contributed by atoms with Gasteiger partial charge in [0.05, 0.1) is 6.54 Å². The van der Waals surface area contributed by atoms with Gasteiger partial charge in [0.1, 0.15) is 12.4 Å². The average molecular weight is 298 g/mol. The third-order valence-electron chi connectivity index (χ3n) is 4.28. The smallest absolute Gasteiger partial charge is 0.300 e. The van der Waals surface area contributed by atoms with Crippen LogP contribution in [0.5, 0.6) is 11.8 Å². The number of aromatic nitrogens is 2. The fraction of sp³-hybridized carbons (Fsp3) is 0.412. The van der Waals surface area contributed by atoms with E-state index < -0.39 is 0 Å². The van der Waals surface area contributed by atoms with E-state index in [1.54, 1.807) is 6.20 Å². The Morgan fingerprint density at radius 3 is 3.00 bits per heavy atom. The van der Waals surface area contributed by atoms with E-state index in [2.05, 4.69) is 17.1 Å². The Labute approximate surface area is 128 Å². The maximum absolute atomic E-state index is 11.2. The van der Waals surface area contributed by atoms with Crippen molar-refractivity contribution in [1.82, 2.24) is 9.55 Å². The van der Waals surface area contributed by atoms with Crippen molar-refractivity contribution in [2.75, 3.05) is 6.61 Å². The van der Waals surface area contributed by atoms with Crippen molar-refractivity contribution >= 4 is 0 Å². The van der Waals surface area contributed by atoms with Crippen LogP contribution in [0.4, 0.5) is 0 Å². The van der Waals surface area contributed by atoms with Gasteiger partial charge in [-0.15, -0.1) is 0 Å². The minimum atomic E-state index is -0.275. The summed E-state index contributed by atoms with van der Waals surface area (Å²) in [7, 11) is 0. The van der Waals surface area contributed by atoms with E-state index in [0.29, 0.717) is 19.2 Å². The molecule has 0 spiro atoms. The van der Waals surface area contributed by atoms with Crippen molar-refractivity contribution in [1.29, 1.82) is 0 Å². The number of hydrogen-bond donors (Lipinski definition) is 0. The van der Waals surface area contributed by atoms with E-state index in [1.165, 1.54) is 36.5 Å². The molecule has 114 valence electrons. The molecule has 1 aliphatic heterocycles. The topological polar surface area (TPSA) is 53.4 Å². The fourth-order valence-corrected chi connectivity index (χ4v) is 3.13. The van der Waals surface area contributed by atoms with Gasteiger partial charge in [-0.2, -0.15) is 4.98 Å². The van der Waals surface area contributed by atoms with Crippen LogP contribution in [0.25, 0.3) is 0 Å². The highest BCUT2D eigenvalue weighted by atomic mass is 16.6. The van der Waals surface area contributed by atoms with Crippen molar-refractivity contribution in [3.63, 3.8) is 0 Å². The molecular weight excluding hydrogens is 280 g/mol. The first-order valence-corrected chi connectivity index (χ1v) is 7.77. The van der Waals surface area contributed by atoms with Gasteiger partial charge in [0.2, 0.25) is 0 Å². The summed E-state index contributed by atoms with van der Waals surface area (Å²) in [5.41, 5.74) is 2.58. The summed E-state index contributed by atoms with van der Waals surface area (Å²) < 4.78 is 13.4. The molecule has 2 aromatic rings. The molecule has 22 heavy (non-hydrogen) atoms. The van der Waals surface area contributed by atoms with Crippen molar-refractivity contribution in [3.05, 3.63) is 51.9 Å². The van der Waals surface area contributed by atoms with E-state index in [0.717, 1.165) is 12.2 Å². The molecule has 1 aliphatic carbocycles. The number of fused-ring (bicyclic) bond motifs is 2. The van der Waals surface area contributed by atoms with Gasteiger partial charge in [0.15, 0.2) is 6.10 Å². The molecule has 0 N–H and O–H groups in total. The van der Waals surface area contributed by atoms with Gasteiger partial charge < -0.3 is 9.47 Å². The van der Waals surface area contributed by atoms with Gasteiger partial charge in [-0.25, -0.2) is 0 Å². The molecule has 0 amide bonds. The van der Waals surface area contributed by atoms with Crippen LogP contribution in [0.3, 0.4) is 0 Å². The second kappa shape index (κ2) is 5.48. The van der Waals surface area contributed by atoms with E-state index in [4.69, 9.17) is 9.47 Å². The highest BCUT2D eigenvalue weighted by Crippen LogP contribution is 2.26. The second-order valence-corrected chi connectivity index (χ2v) is 5.89. The fourth-order valence-electron chi connectivity index (χ4n) is 3.13. The lowest BCUT2D eigenvalue weighted by molar-refractivity contribution is 0.143. The standard InChI is InChI=1S/C17H18N2O3/c20-16-7-8-19-10-15(22-17(19)18-16)11-21-14-6-5-12-3-1-2-4-13(12)9-14/h5-9,15H,1-4,10-11H2. The molecule has 0 saturated heterocycles. The van der Waals surface area contributed by atoms with Gasteiger partial charge in [-0.3, -0.25) is 9.36 Å². The van der Waals surface area contributed by atoms with E-state index in [9.17, 15) is 4.79 Å². The Morgan fingerprint density at radius 1 is 1.23 bits per heavy atom. The van der Waals surface area contributed by atoms with Crippen LogP contribution in [-0.2, 0) is 19.4 Å². The molecule has 1 unspecified atom stereocenters. The number of rotatable bonds is 3. The van der Waals surface area contributed by atoms with Gasteiger partial charge in [-0.05, 0) is 48.9 Å². The number of nitrogens with zero attached hydrogens (tertiary/aromatic N) is 2. The zero-order chi connectivity index (χ0) is 14.9. The van der Waals surface area contributed by atoms with Crippen LogP contribution in [0, 0.1) is 0 Å². The first kappa shape index (κ1) is 13.4. The highest BCUT2D eigenvalue weighted by molar-refractivity contribution is 5.37. The lowest BCUT2D eigenvalue weighted by atomic mass is 9.92. The quantitative estimate of drug-likeness (QED) is 0.869. The molecule has 1 aromatic carbocycles. The summed E-state index contributed by atoms with van der Waals surface area (Å²) in [5, 5.41) is 0. The number of ether oxygens (including phenoxy) is 2. The predicted octanol–water partition coefficient (Wildman–Crippen LogP) is 1.96. The van der Waals surface area contributed by atoms with Crippen molar-refractivity contribution in [2.24, 2.45) is 0 Å². The molecule has 0 bridgehead atoms. The third kappa shape index (κ3) is 2.58. The van der Waals surface area contributed by atoms with Crippen LogP contribution < -0.4 is 15.0 Å². The maximum Gasteiger partial charge on any atom is 0.300 e. The van der Waals surface area contributed by atoms with Crippen molar-refractivity contribution < 1.29 is 9.47 Å². The Bertz CT molecular complexity index is 754. The Balaban J connectivity index is 1.41. The molecule has 2 heterocycles. The van der Waals surface area contributed by atoms with Gasteiger partial charge in [-0.1, -0.05) is 6.07 Å². The minimum Gasteiger partial charge on any atom is -0.490 e. The first-order valence-electron chi connectivity index (χ1n) is 7.77. The summed E-state index contributed by atoms with van der Waals surface area (Å²) in [5.74, 6) is 0.891. The molecule has 1 atom stereocenters.